The van der Waals surface area contributed by atoms with Crippen molar-refractivity contribution in [2.45, 2.75) is 43.9 Å². The van der Waals surface area contributed by atoms with Crippen molar-refractivity contribution in [2.24, 2.45) is 0 Å². The van der Waals surface area contributed by atoms with Gasteiger partial charge in [0.25, 0.3) is 0 Å². The Bertz CT molecular complexity index is 3850. The lowest BCUT2D eigenvalue weighted by Gasteiger charge is -2.36. The molecule has 2 aliphatic rings. The zero-order chi connectivity index (χ0) is 50.0. The molecule has 11 aromatic carbocycles. The van der Waals surface area contributed by atoms with E-state index in [1.165, 1.54) is 89.0 Å². The molecular formula is C73H57N. The molecular weight excluding hydrogens is 891 g/mol. The predicted octanol–water partition coefficient (Wildman–Crippen LogP) is 18.8. The Kier molecular flexibility index (Phi) is 10.8. The van der Waals surface area contributed by atoms with E-state index in [2.05, 4.69) is 306 Å². The minimum Gasteiger partial charge on any atom is -0.310 e. The van der Waals surface area contributed by atoms with Crippen LogP contribution in [0.1, 0.15) is 76.4 Å². The van der Waals surface area contributed by atoms with Crippen LogP contribution in [0.15, 0.2) is 273 Å². The molecule has 0 aromatic heterocycles. The molecule has 0 aliphatic heterocycles. The summed E-state index contributed by atoms with van der Waals surface area (Å²) in [7, 11) is 0. The first-order chi connectivity index (χ1) is 36.2. The van der Waals surface area contributed by atoms with Crippen LogP contribution in [0.4, 0.5) is 17.1 Å². The first kappa shape index (κ1) is 45.1. The molecule has 0 saturated heterocycles. The molecule has 74 heavy (non-hydrogen) atoms. The molecule has 0 heterocycles. The van der Waals surface area contributed by atoms with Gasteiger partial charge in [-0.15, -0.1) is 0 Å². The number of rotatable bonds is 9. The van der Waals surface area contributed by atoms with E-state index in [0.717, 1.165) is 28.2 Å². The van der Waals surface area contributed by atoms with E-state index >= 15 is 0 Å². The largest absolute Gasteiger partial charge is 0.310 e. The highest BCUT2D eigenvalue weighted by Crippen LogP contribution is 2.60. The van der Waals surface area contributed by atoms with Crippen LogP contribution in [0.5, 0.6) is 0 Å². The van der Waals surface area contributed by atoms with Crippen molar-refractivity contribution in [3.05, 3.63) is 329 Å². The summed E-state index contributed by atoms with van der Waals surface area (Å²) in [6.45, 7) is 9.08. The van der Waals surface area contributed by atoms with E-state index < -0.39 is 10.8 Å². The minimum absolute atomic E-state index is 0.0155. The van der Waals surface area contributed by atoms with Gasteiger partial charge < -0.3 is 4.90 Å². The fourth-order valence-corrected chi connectivity index (χ4v) is 12.6. The lowest BCUT2D eigenvalue weighted by Crippen LogP contribution is -2.29. The summed E-state index contributed by atoms with van der Waals surface area (Å²) >= 11 is 0. The number of fused-ring (bicyclic) bond motifs is 6. The highest BCUT2D eigenvalue weighted by atomic mass is 15.1. The Hall–Kier alpha value is -8.78. The first-order valence-corrected chi connectivity index (χ1v) is 26.1. The molecule has 2 unspecified atom stereocenters. The predicted molar refractivity (Wildman–Crippen MR) is 310 cm³/mol. The van der Waals surface area contributed by atoms with Crippen LogP contribution in [0.2, 0.25) is 0 Å². The molecule has 0 radical (unpaired) electrons. The lowest BCUT2D eigenvalue weighted by molar-refractivity contribution is 0.589. The third-order valence-corrected chi connectivity index (χ3v) is 16.1. The number of hydrogen-bond acceptors (Lipinski definition) is 1. The lowest BCUT2D eigenvalue weighted by atomic mass is 9.67. The Morgan fingerprint density at radius 3 is 1.18 bits per heavy atom. The molecule has 0 saturated carbocycles. The van der Waals surface area contributed by atoms with Crippen molar-refractivity contribution in [2.75, 3.05) is 4.90 Å². The highest BCUT2D eigenvalue weighted by molar-refractivity contribution is 5.95. The Labute approximate surface area is 436 Å². The third kappa shape index (κ3) is 7.06. The van der Waals surface area contributed by atoms with Gasteiger partial charge >= 0.3 is 0 Å². The van der Waals surface area contributed by atoms with Gasteiger partial charge in [-0.3, -0.25) is 0 Å². The average Bonchev–Trinajstić information content (AvgIpc) is 3.94. The molecule has 0 amide bonds. The first-order valence-electron chi connectivity index (χ1n) is 26.1. The second-order valence-corrected chi connectivity index (χ2v) is 21.3. The van der Waals surface area contributed by atoms with Gasteiger partial charge in [0.15, 0.2) is 0 Å². The Morgan fingerprint density at radius 1 is 0.297 bits per heavy atom. The van der Waals surface area contributed by atoms with E-state index in [4.69, 9.17) is 0 Å². The maximum atomic E-state index is 2.54. The molecule has 13 rings (SSSR count). The van der Waals surface area contributed by atoms with Gasteiger partial charge in [0.1, 0.15) is 0 Å². The van der Waals surface area contributed by atoms with Crippen LogP contribution in [-0.2, 0) is 16.2 Å². The number of benzene rings is 11. The van der Waals surface area contributed by atoms with Crippen molar-refractivity contribution >= 4 is 17.1 Å². The van der Waals surface area contributed by atoms with Crippen LogP contribution < -0.4 is 4.90 Å². The SMILES string of the molecule is Cc1ccc(C2(c3ccccc3)c3ccccc3-c3ccc(N(c4ccc5c(c4)C(c4ccccc4)(c4ccc(C(C)(C)C)cc4)c4ccccc4-5)c4ccccc4-c4ccc(-c5ccccc5)cc4)cc32)cc1. The molecule has 0 fully saturated rings. The van der Waals surface area contributed by atoms with Gasteiger partial charge in [-0.2, -0.15) is 0 Å². The quantitative estimate of drug-likeness (QED) is 0.139. The van der Waals surface area contributed by atoms with E-state index in [0.29, 0.717) is 0 Å². The molecule has 0 spiro atoms. The van der Waals surface area contributed by atoms with E-state index in [9.17, 15) is 0 Å². The number of hydrogen-bond donors (Lipinski definition) is 0. The average molecular weight is 948 g/mol. The van der Waals surface area contributed by atoms with Gasteiger partial charge in [0.05, 0.1) is 16.5 Å². The Morgan fingerprint density at radius 2 is 0.676 bits per heavy atom. The number of aryl methyl sites for hydroxylation is 1. The summed E-state index contributed by atoms with van der Waals surface area (Å²) in [6, 6.07) is 103. The van der Waals surface area contributed by atoms with Crippen LogP contribution >= 0.6 is 0 Å². The summed E-state index contributed by atoms with van der Waals surface area (Å²) in [5.74, 6) is 0. The van der Waals surface area contributed by atoms with Gasteiger partial charge in [-0.05, 0) is 132 Å². The van der Waals surface area contributed by atoms with E-state index in [1.807, 2.05) is 0 Å². The molecule has 2 aliphatic carbocycles. The number of anilines is 3. The minimum atomic E-state index is -0.592. The highest BCUT2D eigenvalue weighted by Gasteiger charge is 2.48. The molecule has 2 atom stereocenters. The Balaban J connectivity index is 1.09. The third-order valence-electron chi connectivity index (χ3n) is 16.1. The van der Waals surface area contributed by atoms with Crippen molar-refractivity contribution in [3.63, 3.8) is 0 Å². The van der Waals surface area contributed by atoms with E-state index in [-0.39, 0.29) is 5.41 Å². The van der Waals surface area contributed by atoms with Gasteiger partial charge in [-0.25, -0.2) is 0 Å². The molecule has 1 heteroatoms. The topological polar surface area (TPSA) is 3.24 Å². The zero-order valence-electron chi connectivity index (χ0n) is 42.4. The molecule has 1 nitrogen and oxygen atoms in total. The van der Waals surface area contributed by atoms with Crippen LogP contribution in [0.25, 0.3) is 44.5 Å². The normalized spacial score (nSPS) is 16.2. The number of para-hydroxylation sites is 1. The summed E-state index contributed by atoms with van der Waals surface area (Å²) < 4.78 is 0. The molecule has 0 bridgehead atoms. The van der Waals surface area contributed by atoms with Crippen LogP contribution in [0.3, 0.4) is 0 Å². The maximum absolute atomic E-state index is 2.54. The fraction of sp³-hybridized carbons (Fsp3) is 0.0959. The summed E-state index contributed by atoms with van der Waals surface area (Å²) in [6.07, 6.45) is 0. The van der Waals surface area contributed by atoms with Crippen LogP contribution in [-0.4, -0.2) is 0 Å². The molecule has 354 valence electrons. The summed E-state index contributed by atoms with van der Waals surface area (Å²) in [5, 5.41) is 0. The zero-order valence-corrected chi connectivity index (χ0v) is 42.4. The maximum Gasteiger partial charge on any atom is 0.0714 e. The molecule has 0 N–H and O–H groups in total. The standard InChI is InChI=1S/C73H57N/c1-50-32-38-57(39-33-50)72(55-22-10-6-11-23-55)66-29-17-14-27-62(66)64-46-44-59(48-68(64)72)74(70-31-19-16-26-61(70)53-36-34-52(35-37-53)51-20-8-5-9-21-51)60-45-47-65-63-28-15-18-30-67(63)73(69(65)49-60,56-24-12-7-13-25-56)58-42-40-54(41-43-58)71(2,3)4/h5-49H,1-4H3. The monoisotopic (exact) mass is 947 g/mol. The summed E-state index contributed by atoms with van der Waals surface area (Å²) in [4.78, 5) is 2.54. The molecule has 11 aromatic rings. The second kappa shape index (κ2) is 17.8. The second-order valence-electron chi connectivity index (χ2n) is 21.3. The van der Waals surface area contributed by atoms with Crippen molar-refractivity contribution < 1.29 is 0 Å². The fourth-order valence-electron chi connectivity index (χ4n) is 12.6. The van der Waals surface area contributed by atoms with Crippen molar-refractivity contribution in [1.29, 1.82) is 0 Å². The van der Waals surface area contributed by atoms with Gasteiger partial charge in [0.2, 0.25) is 0 Å². The smallest absolute Gasteiger partial charge is 0.0714 e. The van der Waals surface area contributed by atoms with E-state index in [1.54, 1.807) is 0 Å². The summed E-state index contributed by atoms with van der Waals surface area (Å²) in [5.41, 5.74) is 24.6. The van der Waals surface area contributed by atoms with Crippen LogP contribution in [0, 0.1) is 6.92 Å². The van der Waals surface area contributed by atoms with Crippen molar-refractivity contribution in [3.8, 4) is 44.5 Å². The van der Waals surface area contributed by atoms with Crippen molar-refractivity contribution in [1.82, 2.24) is 0 Å². The van der Waals surface area contributed by atoms with Gasteiger partial charge in [0, 0.05) is 16.9 Å². The number of nitrogens with zero attached hydrogens (tertiary/aromatic N) is 1. The van der Waals surface area contributed by atoms with Gasteiger partial charge in [-0.1, -0.05) is 269 Å².